The zero-order valence-corrected chi connectivity index (χ0v) is 10.2. The predicted octanol–water partition coefficient (Wildman–Crippen LogP) is 1.02. The topological polar surface area (TPSA) is 94.6 Å². The van der Waals surface area contributed by atoms with Crippen molar-refractivity contribution in [1.29, 1.82) is 0 Å². The Morgan fingerprint density at radius 3 is 2.78 bits per heavy atom. The maximum absolute atomic E-state index is 11.1. The fourth-order valence-corrected chi connectivity index (χ4v) is 1.09. The predicted molar refractivity (Wildman–Crippen MR) is 66.7 cm³/mol. The Labute approximate surface area is 108 Å². The van der Waals surface area contributed by atoms with Gasteiger partial charge in [-0.15, -0.1) is 0 Å². The molecule has 1 heterocycles. The summed E-state index contributed by atoms with van der Waals surface area (Å²) < 4.78 is 4.39. The van der Waals surface area contributed by atoms with Gasteiger partial charge in [-0.25, -0.2) is 9.78 Å². The van der Waals surface area contributed by atoms with E-state index in [0.29, 0.717) is 17.1 Å². The van der Waals surface area contributed by atoms with Gasteiger partial charge in [0.25, 0.3) is 0 Å². The molecule has 0 amide bonds. The highest BCUT2D eigenvalue weighted by Crippen LogP contribution is 2.12. The Bertz CT molecular complexity index is 509. The molecule has 0 fully saturated rings. The van der Waals surface area contributed by atoms with Crippen molar-refractivity contribution in [1.82, 2.24) is 4.98 Å². The Morgan fingerprint density at radius 2 is 2.28 bits per heavy atom. The molecule has 0 aromatic carbocycles. The minimum absolute atomic E-state index is 0.0724. The number of esters is 1. The number of aromatic nitrogens is 1. The van der Waals surface area contributed by atoms with Crippen LogP contribution in [0.15, 0.2) is 34.6 Å². The zero-order valence-electron chi connectivity index (χ0n) is 9.46. The lowest BCUT2D eigenvalue weighted by atomic mass is 10.2. The van der Waals surface area contributed by atoms with Gasteiger partial charge in [-0.2, -0.15) is 0 Å². The van der Waals surface area contributed by atoms with Crippen LogP contribution in [0.4, 0.5) is 5.69 Å². The summed E-state index contributed by atoms with van der Waals surface area (Å²) in [6, 6.07) is 3.14. The van der Waals surface area contributed by atoms with Gasteiger partial charge >= 0.3 is 5.97 Å². The lowest BCUT2D eigenvalue weighted by Crippen LogP contribution is -2.16. The third-order valence-electron chi connectivity index (χ3n) is 1.91. The average Bonchev–Trinajstić information content (AvgIpc) is 2.40. The number of hydrogen-bond donors (Lipinski definition) is 1. The van der Waals surface area contributed by atoms with Crippen molar-refractivity contribution in [2.45, 2.75) is 0 Å². The van der Waals surface area contributed by atoms with Crippen LogP contribution < -0.4 is 5.73 Å². The number of ether oxygens (including phenoxy) is 1. The van der Waals surface area contributed by atoms with E-state index in [1.807, 2.05) is 0 Å². The minimum Gasteiger partial charge on any atom is -0.464 e. The third kappa shape index (κ3) is 3.67. The molecule has 0 saturated carbocycles. The summed E-state index contributed by atoms with van der Waals surface area (Å²) in [5.41, 5.74) is 5.51. The lowest BCUT2D eigenvalue weighted by Gasteiger charge is -2.00. The van der Waals surface area contributed by atoms with Crippen molar-refractivity contribution in [2.75, 3.05) is 7.11 Å². The first-order chi connectivity index (χ1) is 8.58. The summed E-state index contributed by atoms with van der Waals surface area (Å²) in [7, 11) is 1.16. The van der Waals surface area contributed by atoms with Crippen LogP contribution in [-0.2, 0) is 14.3 Å². The molecule has 0 unspecified atom stereocenters. The van der Waals surface area contributed by atoms with Crippen molar-refractivity contribution in [3.63, 3.8) is 0 Å². The summed E-state index contributed by atoms with van der Waals surface area (Å²) in [5.74, 6) is -0.794. The molecule has 94 valence electrons. The van der Waals surface area contributed by atoms with Crippen LogP contribution in [0, 0.1) is 0 Å². The van der Waals surface area contributed by atoms with Crippen LogP contribution >= 0.6 is 11.6 Å². The molecule has 0 radical (unpaired) electrons. The normalized spacial score (nSPS) is 12.1. The number of halogens is 1. The van der Waals surface area contributed by atoms with Gasteiger partial charge in [0.2, 0.25) is 0 Å². The first-order valence-electron chi connectivity index (χ1n) is 4.77. The second kappa shape index (κ2) is 6.51. The van der Waals surface area contributed by atoms with E-state index in [-0.39, 0.29) is 11.3 Å². The molecule has 2 N–H and O–H groups in total. The Balaban J connectivity index is 2.96. The van der Waals surface area contributed by atoms with Crippen molar-refractivity contribution in [3.8, 4) is 0 Å². The van der Waals surface area contributed by atoms with E-state index in [9.17, 15) is 9.59 Å². The molecule has 6 nitrogen and oxygen atoms in total. The van der Waals surface area contributed by atoms with Crippen LogP contribution in [0.25, 0.3) is 0 Å². The van der Waals surface area contributed by atoms with Gasteiger partial charge in [-0.1, -0.05) is 11.6 Å². The first kappa shape index (κ1) is 13.9. The number of methoxy groups -OCH3 is 1. The molecule has 0 aliphatic heterocycles. The summed E-state index contributed by atoms with van der Waals surface area (Å²) in [6.45, 7) is 0. The number of aliphatic imine (C=N–C) groups is 1. The number of pyridine rings is 1. The molecule has 0 bridgehead atoms. The number of rotatable bonds is 4. The van der Waals surface area contributed by atoms with Crippen LogP contribution in [0.1, 0.15) is 0 Å². The first-order valence-corrected chi connectivity index (χ1v) is 5.15. The number of carbonyl (C=O) groups is 2. The Morgan fingerprint density at radius 1 is 1.56 bits per heavy atom. The number of carbonyl (C=O) groups excluding carboxylic acids is 2. The van der Waals surface area contributed by atoms with E-state index >= 15 is 0 Å². The van der Waals surface area contributed by atoms with Crippen molar-refractivity contribution < 1.29 is 14.3 Å². The largest absolute Gasteiger partial charge is 0.464 e. The average molecular weight is 268 g/mol. The van der Waals surface area contributed by atoms with Crippen molar-refractivity contribution in [2.24, 2.45) is 10.7 Å². The Hall–Kier alpha value is -2.21. The molecular formula is C11H10ClN3O3. The van der Waals surface area contributed by atoms with Crippen molar-refractivity contribution >= 4 is 35.8 Å². The van der Waals surface area contributed by atoms with Gasteiger partial charge in [0.15, 0.2) is 6.29 Å². The number of nitrogens with two attached hydrogens (primary N) is 1. The molecule has 0 aliphatic carbocycles. The van der Waals surface area contributed by atoms with Crippen LogP contribution in [0.5, 0.6) is 0 Å². The fraction of sp³-hybridized carbons (Fsp3) is 0.0909. The number of nitrogens with zero attached hydrogens (tertiary/aromatic N) is 2. The molecule has 1 rings (SSSR count). The summed E-state index contributed by atoms with van der Waals surface area (Å²) in [5, 5.41) is 0.328. The van der Waals surface area contributed by atoms with Gasteiger partial charge in [-0.05, 0) is 12.1 Å². The van der Waals surface area contributed by atoms with Gasteiger partial charge in [0, 0.05) is 6.21 Å². The van der Waals surface area contributed by atoms with Gasteiger partial charge < -0.3 is 10.5 Å². The lowest BCUT2D eigenvalue weighted by molar-refractivity contribution is -0.136. The van der Waals surface area contributed by atoms with E-state index in [1.165, 1.54) is 6.20 Å². The van der Waals surface area contributed by atoms with E-state index in [2.05, 4.69) is 14.7 Å². The maximum Gasteiger partial charge on any atom is 0.354 e. The molecule has 7 heteroatoms. The molecule has 1 aromatic heterocycles. The van der Waals surface area contributed by atoms with Gasteiger partial charge in [0.1, 0.15) is 10.9 Å². The molecule has 1 aromatic rings. The second-order valence-corrected chi connectivity index (χ2v) is 3.46. The van der Waals surface area contributed by atoms with Crippen LogP contribution in [-0.4, -0.2) is 30.6 Å². The van der Waals surface area contributed by atoms with Crippen LogP contribution in [0.3, 0.4) is 0 Å². The minimum atomic E-state index is -0.794. The van der Waals surface area contributed by atoms with Gasteiger partial charge in [0.05, 0.1) is 24.6 Å². The number of allylic oxidation sites excluding steroid dienone is 1. The van der Waals surface area contributed by atoms with E-state index in [0.717, 1.165) is 13.3 Å². The molecular weight excluding hydrogens is 258 g/mol. The Kier molecular flexibility index (Phi) is 5.01. The highest BCUT2D eigenvalue weighted by Gasteiger charge is 2.09. The highest BCUT2D eigenvalue weighted by atomic mass is 35.5. The molecule has 0 spiro atoms. The fourth-order valence-electron chi connectivity index (χ4n) is 0.980. The van der Waals surface area contributed by atoms with Crippen LogP contribution in [0.2, 0.25) is 5.15 Å². The quantitative estimate of drug-likeness (QED) is 0.289. The number of aldehydes is 1. The summed E-state index contributed by atoms with van der Waals surface area (Å²) >= 11 is 5.60. The zero-order chi connectivity index (χ0) is 13.5. The molecule has 0 saturated heterocycles. The number of hydrogen-bond acceptors (Lipinski definition) is 6. The summed E-state index contributed by atoms with van der Waals surface area (Å²) in [4.78, 5) is 29.6. The standard InChI is InChI=1S/C11H10ClN3O3/c1-18-11(17)10(13)7(6-16)4-14-8-2-3-9(12)15-5-8/h2-6H,13H2,1H3. The SMILES string of the molecule is COC(=O)C(N)=C(C=O)C=Nc1ccc(Cl)nc1. The van der Waals surface area contributed by atoms with E-state index in [1.54, 1.807) is 12.1 Å². The molecule has 18 heavy (non-hydrogen) atoms. The summed E-state index contributed by atoms with van der Waals surface area (Å²) in [6.07, 6.45) is 2.98. The second-order valence-electron chi connectivity index (χ2n) is 3.08. The monoisotopic (exact) mass is 267 g/mol. The van der Waals surface area contributed by atoms with E-state index < -0.39 is 5.97 Å². The third-order valence-corrected chi connectivity index (χ3v) is 2.13. The van der Waals surface area contributed by atoms with Gasteiger partial charge in [-0.3, -0.25) is 9.79 Å². The molecule has 0 atom stereocenters. The molecule has 0 aliphatic rings. The van der Waals surface area contributed by atoms with E-state index in [4.69, 9.17) is 17.3 Å². The van der Waals surface area contributed by atoms with Crippen molar-refractivity contribution in [3.05, 3.63) is 34.8 Å². The highest BCUT2D eigenvalue weighted by molar-refractivity contribution is 6.29. The maximum atomic E-state index is 11.1. The smallest absolute Gasteiger partial charge is 0.354 e.